The van der Waals surface area contributed by atoms with Crippen LogP contribution in [0.3, 0.4) is 0 Å². The molecule has 0 aromatic heterocycles. The second kappa shape index (κ2) is 6.85. The zero-order valence-corrected chi connectivity index (χ0v) is 12.2. The molecule has 2 aliphatic rings. The van der Waals surface area contributed by atoms with Gasteiger partial charge in [-0.3, -0.25) is 0 Å². The molecular weight excluding hydrogens is 226 g/mol. The van der Waals surface area contributed by atoms with Crippen LogP contribution in [0.15, 0.2) is 0 Å². The second-order valence-corrected chi connectivity index (χ2v) is 5.96. The standard InChI is InChI=1S/C14H29N3O/c1-15-14(12-6-4-9-18-11-12)13-10-16(2)7-5-8-17(13)3/h12-15H,4-11H2,1-3H3. The second-order valence-electron chi connectivity index (χ2n) is 5.96. The predicted molar refractivity (Wildman–Crippen MR) is 74.9 cm³/mol. The van der Waals surface area contributed by atoms with Crippen molar-refractivity contribution < 1.29 is 4.74 Å². The third-order valence-corrected chi connectivity index (χ3v) is 4.57. The van der Waals surface area contributed by atoms with E-state index < -0.39 is 0 Å². The van der Waals surface area contributed by atoms with Gasteiger partial charge in [0.15, 0.2) is 0 Å². The van der Waals surface area contributed by atoms with E-state index in [0.29, 0.717) is 18.0 Å². The number of hydrogen-bond donors (Lipinski definition) is 1. The van der Waals surface area contributed by atoms with Crippen LogP contribution in [0.4, 0.5) is 0 Å². The van der Waals surface area contributed by atoms with Gasteiger partial charge in [0.2, 0.25) is 0 Å². The summed E-state index contributed by atoms with van der Waals surface area (Å²) < 4.78 is 5.68. The molecule has 2 heterocycles. The van der Waals surface area contributed by atoms with E-state index in [-0.39, 0.29) is 0 Å². The van der Waals surface area contributed by atoms with E-state index >= 15 is 0 Å². The predicted octanol–water partition coefficient (Wildman–Crippen LogP) is 0.637. The third-order valence-electron chi connectivity index (χ3n) is 4.57. The van der Waals surface area contributed by atoms with Gasteiger partial charge in [-0.1, -0.05) is 0 Å². The fourth-order valence-corrected chi connectivity index (χ4v) is 3.48. The largest absolute Gasteiger partial charge is 0.381 e. The maximum absolute atomic E-state index is 5.68. The quantitative estimate of drug-likeness (QED) is 0.801. The highest BCUT2D eigenvalue weighted by molar-refractivity contribution is 4.91. The molecule has 0 spiro atoms. The van der Waals surface area contributed by atoms with E-state index in [4.69, 9.17) is 4.74 Å². The summed E-state index contributed by atoms with van der Waals surface area (Å²) in [5, 5.41) is 3.57. The Morgan fingerprint density at radius 3 is 2.72 bits per heavy atom. The first-order chi connectivity index (χ1) is 8.72. The van der Waals surface area contributed by atoms with Gasteiger partial charge in [-0.05, 0) is 59.4 Å². The van der Waals surface area contributed by atoms with Crippen LogP contribution in [0.1, 0.15) is 19.3 Å². The lowest BCUT2D eigenvalue weighted by molar-refractivity contribution is 0.0210. The topological polar surface area (TPSA) is 27.7 Å². The molecule has 2 saturated heterocycles. The molecule has 18 heavy (non-hydrogen) atoms. The van der Waals surface area contributed by atoms with Crippen molar-refractivity contribution >= 4 is 0 Å². The number of hydrogen-bond acceptors (Lipinski definition) is 4. The average Bonchev–Trinajstić information content (AvgIpc) is 2.54. The normalized spacial score (nSPS) is 34.2. The van der Waals surface area contributed by atoms with E-state index in [2.05, 4.69) is 36.3 Å². The first-order valence-corrected chi connectivity index (χ1v) is 7.36. The summed E-state index contributed by atoms with van der Waals surface area (Å²) >= 11 is 0. The Hall–Kier alpha value is -0.160. The molecule has 0 saturated carbocycles. The van der Waals surface area contributed by atoms with E-state index in [1.54, 1.807) is 0 Å². The van der Waals surface area contributed by atoms with Crippen molar-refractivity contribution in [1.29, 1.82) is 0 Å². The zero-order valence-electron chi connectivity index (χ0n) is 12.2. The summed E-state index contributed by atoms with van der Waals surface area (Å²) in [7, 11) is 6.63. The Morgan fingerprint density at radius 2 is 2.06 bits per heavy atom. The molecule has 3 unspecified atom stereocenters. The Bertz CT molecular complexity index is 243. The van der Waals surface area contributed by atoms with Crippen LogP contribution in [0, 0.1) is 5.92 Å². The molecular formula is C14H29N3O. The number of rotatable bonds is 3. The highest BCUT2D eigenvalue weighted by Crippen LogP contribution is 2.23. The van der Waals surface area contributed by atoms with Crippen molar-refractivity contribution in [3.63, 3.8) is 0 Å². The van der Waals surface area contributed by atoms with Gasteiger partial charge in [-0.2, -0.15) is 0 Å². The minimum Gasteiger partial charge on any atom is -0.381 e. The van der Waals surface area contributed by atoms with Crippen LogP contribution in [0.5, 0.6) is 0 Å². The summed E-state index contributed by atoms with van der Waals surface area (Å²) in [6, 6.07) is 1.16. The first-order valence-electron chi connectivity index (χ1n) is 7.36. The smallest absolute Gasteiger partial charge is 0.0509 e. The van der Waals surface area contributed by atoms with Crippen molar-refractivity contribution in [3.05, 3.63) is 0 Å². The van der Waals surface area contributed by atoms with E-state index in [1.807, 2.05) is 0 Å². The van der Waals surface area contributed by atoms with Crippen molar-refractivity contribution in [2.45, 2.75) is 31.3 Å². The molecule has 3 atom stereocenters. The van der Waals surface area contributed by atoms with Gasteiger partial charge >= 0.3 is 0 Å². The molecule has 1 N–H and O–H groups in total. The van der Waals surface area contributed by atoms with Crippen LogP contribution in [0.25, 0.3) is 0 Å². The molecule has 0 amide bonds. The van der Waals surface area contributed by atoms with E-state index in [9.17, 15) is 0 Å². The average molecular weight is 255 g/mol. The number of ether oxygens (including phenoxy) is 1. The summed E-state index contributed by atoms with van der Waals surface area (Å²) in [5.74, 6) is 0.669. The maximum atomic E-state index is 5.68. The molecule has 0 aliphatic carbocycles. The Labute approximate surface area is 112 Å². The highest BCUT2D eigenvalue weighted by atomic mass is 16.5. The highest BCUT2D eigenvalue weighted by Gasteiger charge is 2.33. The Balaban J connectivity index is 2.03. The molecule has 4 nitrogen and oxygen atoms in total. The van der Waals surface area contributed by atoms with Gasteiger partial charge in [-0.25, -0.2) is 0 Å². The molecule has 4 heteroatoms. The van der Waals surface area contributed by atoms with Gasteiger partial charge in [0.05, 0.1) is 6.61 Å². The summed E-state index contributed by atoms with van der Waals surface area (Å²) in [4.78, 5) is 5.02. The SMILES string of the molecule is CNC(C1CCCOC1)C1CN(C)CCCN1C. The van der Waals surface area contributed by atoms with E-state index in [1.165, 1.54) is 38.9 Å². The maximum Gasteiger partial charge on any atom is 0.0509 e. The van der Waals surface area contributed by atoms with Gasteiger partial charge in [0, 0.05) is 25.2 Å². The van der Waals surface area contributed by atoms with Crippen LogP contribution in [0.2, 0.25) is 0 Å². The van der Waals surface area contributed by atoms with Gasteiger partial charge in [0.1, 0.15) is 0 Å². The molecule has 0 radical (unpaired) electrons. The van der Waals surface area contributed by atoms with Crippen molar-refractivity contribution in [2.24, 2.45) is 5.92 Å². The van der Waals surface area contributed by atoms with Crippen molar-refractivity contribution in [2.75, 3.05) is 54.0 Å². The van der Waals surface area contributed by atoms with Crippen LogP contribution in [-0.2, 0) is 4.74 Å². The van der Waals surface area contributed by atoms with Crippen LogP contribution < -0.4 is 5.32 Å². The Morgan fingerprint density at radius 1 is 1.22 bits per heavy atom. The molecule has 0 aromatic rings. The van der Waals surface area contributed by atoms with Crippen LogP contribution >= 0.6 is 0 Å². The first kappa shape index (κ1) is 14.3. The number of likely N-dealkylation sites (N-methyl/N-ethyl adjacent to an activating group) is 3. The molecule has 2 fully saturated rings. The van der Waals surface area contributed by atoms with Gasteiger partial charge in [0.25, 0.3) is 0 Å². The monoisotopic (exact) mass is 255 g/mol. The number of nitrogens with zero attached hydrogens (tertiary/aromatic N) is 2. The number of nitrogens with one attached hydrogen (secondary N) is 1. The third kappa shape index (κ3) is 3.44. The molecule has 0 aromatic carbocycles. The Kier molecular flexibility index (Phi) is 5.42. The van der Waals surface area contributed by atoms with Crippen molar-refractivity contribution in [3.8, 4) is 0 Å². The molecule has 106 valence electrons. The lowest BCUT2D eigenvalue weighted by Gasteiger charge is -2.40. The lowest BCUT2D eigenvalue weighted by atomic mass is 9.88. The molecule has 2 rings (SSSR count). The van der Waals surface area contributed by atoms with Crippen molar-refractivity contribution in [1.82, 2.24) is 15.1 Å². The minimum atomic E-state index is 0.552. The minimum absolute atomic E-state index is 0.552. The summed E-state index contributed by atoms with van der Waals surface area (Å²) in [6.07, 6.45) is 3.80. The molecule has 2 aliphatic heterocycles. The summed E-state index contributed by atoms with van der Waals surface area (Å²) in [6.45, 7) is 5.48. The van der Waals surface area contributed by atoms with Gasteiger partial charge in [-0.15, -0.1) is 0 Å². The fourth-order valence-electron chi connectivity index (χ4n) is 3.48. The summed E-state index contributed by atoms with van der Waals surface area (Å²) in [5.41, 5.74) is 0. The van der Waals surface area contributed by atoms with E-state index in [0.717, 1.165) is 13.2 Å². The van der Waals surface area contributed by atoms with Crippen LogP contribution in [-0.4, -0.2) is 75.9 Å². The molecule has 0 bridgehead atoms. The zero-order chi connectivity index (χ0) is 13.0. The van der Waals surface area contributed by atoms with Gasteiger partial charge < -0.3 is 19.9 Å². The fraction of sp³-hybridized carbons (Fsp3) is 1.00. The lowest BCUT2D eigenvalue weighted by Crippen LogP contribution is -2.56.